The van der Waals surface area contributed by atoms with E-state index in [9.17, 15) is 23.3 Å². The summed E-state index contributed by atoms with van der Waals surface area (Å²) in [5.41, 5.74) is 0.0732. The number of fused-ring (bicyclic) bond motifs is 1. The van der Waals surface area contributed by atoms with Gasteiger partial charge in [-0.2, -0.15) is 0 Å². The molecule has 0 saturated heterocycles. The minimum atomic E-state index is -3.71. The highest BCUT2D eigenvalue weighted by atomic mass is 32.2. The molecule has 3 aromatic rings. The number of nitrogens with one attached hydrogen (secondary N) is 2. The molecule has 1 aromatic carbocycles. The summed E-state index contributed by atoms with van der Waals surface area (Å²) >= 11 is 0. The maximum Gasteiger partial charge on any atom is 0.295 e. The van der Waals surface area contributed by atoms with Crippen molar-refractivity contribution in [2.75, 3.05) is 11.0 Å². The number of rotatable bonds is 4. The molecule has 2 aromatic heterocycles. The molecule has 12 heteroatoms. The third-order valence-corrected chi connectivity index (χ3v) is 3.91. The van der Waals surface area contributed by atoms with E-state index in [4.69, 9.17) is 0 Å². The molecular formula is C13H12N6O5S. The van der Waals surface area contributed by atoms with Crippen LogP contribution in [0.4, 0.5) is 11.5 Å². The zero-order chi connectivity index (χ0) is 18.4. The molecule has 0 aliphatic rings. The molecule has 0 spiro atoms. The minimum absolute atomic E-state index is 0.109. The first-order valence-electron chi connectivity index (χ1n) is 6.85. The lowest BCUT2D eigenvalue weighted by molar-refractivity contribution is -0.384. The zero-order valence-electron chi connectivity index (χ0n) is 13.0. The van der Waals surface area contributed by atoms with E-state index in [1.807, 2.05) is 4.72 Å². The van der Waals surface area contributed by atoms with Gasteiger partial charge >= 0.3 is 0 Å². The van der Waals surface area contributed by atoms with Crippen molar-refractivity contribution in [2.24, 2.45) is 0 Å². The topological polar surface area (TPSA) is 153 Å². The first kappa shape index (κ1) is 16.6. The molecule has 2 N–H and O–H groups in total. The Labute approximate surface area is 140 Å². The number of nitro groups is 1. The summed E-state index contributed by atoms with van der Waals surface area (Å²) in [7, 11) is -3.71. The second kappa shape index (κ2) is 5.66. The van der Waals surface area contributed by atoms with Crippen LogP contribution >= 0.6 is 0 Å². The molecule has 0 amide bonds. The Morgan fingerprint density at radius 2 is 2.08 bits per heavy atom. The Morgan fingerprint density at radius 1 is 1.36 bits per heavy atom. The lowest BCUT2D eigenvalue weighted by Gasteiger charge is -2.09. The van der Waals surface area contributed by atoms with Crippen LogP contribution in [0, 0.1) is 17.0 Å². The van der Waals surface area contributed by atoms with E-state index < -0.39 is 26.3 Å². The summed E-state index contributed by atoms with van der Waals surface area (Å²) in [4.78, 5) is 33.0. The van der Waals surface area contributed by atoms with Crippen LogP contribution in [0.3, 0.4) is 0 Å². The third kappa shape index (κ3) is 3.19. The van der Waals surface area contributed by atoms with Crippen LogP contribution in [0.15, 0.2) is 29.5 Å². The van der Waals surface area contributed by atoms with Crippen LogP contribution in [-0.2, 0) is 10.0 Å². The number of benzene rings is 1. The smallest absolute Gasteiger partial charge is 0.295 e. The average Bonchev–Trinajstić information content (AvgIpc) is 2.91. The van der Waals surface area contributed by atoms with Crippen molar-refractivity contribution in [3.8, 4) is 5.69 Å². The predicted molar refractivity (Wildman–Crippen MR) is 89.3 cm³/mol. The van der Waals surface area contributed by atoms with Gasteiger partial charge in [-0.3, -0.25) is 24.2 Å². The number of sulfonamides is 1. The first-order chi connectivity index (χ1) is 11.7. The normalized spacial score (nSPS) is 11.6. The Morgan fingerprint density at radius 3 is 2.64 bits per heavy atom. The molecule has 0 unspecified atom stereocenters. The highest BCUT2D eigenvalue weighted by Crippen LogP contribution is 2.28. The molecule has 0 atom stereocenters. The van der Waals surface area contributed by atoms with E-state index in [1.165, 1.54) is 29.2 Å². The third-order valence-electron chi connectivity index (χ3n) is 3.35. The molecule has 2 heterocycles. The Balaban J connectivity index is 2.31. The monoisotopic (exact) mass is 364 g/mol. The molecule has 0 bridgehead atoms. The van der Waals surface area contributed by atoms with Crippen LogP contribution in [-0.4, -0.2) is 39.1 Å². The zero-order valence-corrected chi connectivity index (χ0v) is 13.9. The van der Waals surface area contributed by atoms with Gasteiger partial charge in [0.25, 0.3) is 11.2 Å². The maximum absolute atomic E-state index is 11.9. The number of nitrogens with zero attached hydrogens (tertiary/aromatic N) is 4. The summed E-state index contributed by atoms with van der Waals surface area (Å²) in [5.74, 6) is -0.419. The van der Waals surface area contributed by atoms with Gasteiger partial charge in [0.05, 0.1) is 28.5 Å². The number of aromatic nitrogens is 4. The molecule has 3 rings (SSSR count). The lowest BCUT2D eigenvalue weighted by atomic mass is 10.2. The summed E-state index contributed by atoms with van der Waals surface area (Å²) in [5, 5.41) is 11.4. The second-order valence-electron chi connectivity index (χ2n) is 5.31. The van der Waals surface area contributed by atoms with Crippen LogP contribution in [0.25, 0.3) is 16.7 Å². The summed E-state index contributed by atoms with van der Waals surface area (Å²) in [6.45, 7) is 1.72. The standard InChI is InChI=1S/C13H12N6O5S/c1-7-5-14-6-18(7)10-3-8-9(4-11(10)19(21)22)16-13(20)12(15-8)17-25(2,23)24/h3-6H,1-2H3,(H,15,17)(H,16,20). The van der Waals surface area contributed by atoms with Crippen LogP contribution in [0.2, 0.25) is 0 Å². The SMILES string of the molecule is Cc1cncn1-c1cc2nc(NS(C)(=O)=O)c(=O)[nH]c2cc1[N+](=O)[O-]. The molecule has 0 fully saturated rings. The summed E-state index contributed by atoms with van der Waals surface area (Å²) in [6, 6.07) is 2.55. The first-order valence-corrected chi connectivity index (χ1v) is 8.74. The van der Waals surface area contributed by atoms with Crippen molar-refractivity contribution in [3.05, 3.63) is 50.8 Å². The van der Waals surface area contributed by atoms with Crippen molar-refractivity contribution in [3.63, 3.8) is 0 Å². The van der Waals surface area contributed by atoms with E-state index in [0.717, 1.165) is 6.26 Å². The molecule has 11 nitrogen and oxygen atoms in total. The van der Waals surface area contributed by atoms with Crippen molar-refractivity contribution in [1.29, 1.82) is 0 Å². The molecule has 0 radical (unpaired) electrons. The Hall–Kier alpha value is -3.28. The second-order valence-corrected chi connectivity index (χ2v) is 7.06. The fraction of sp³-hybridized carbons (Fsp3) is 0.154. The van der Waals surface area contributed by atoms with Gasteiger partial charge in [0.2, 0.25) is 15.8 Å². The van der Waals surface area contributed by atoms with Crippen LogP contribution < -0.4 is 10.3 Å². The van der Waals surface area contributed by atoms with Crippen molar-refractivity contribution < 1.29 is 13.3 Å². The number of imidazole rings is 1. The number of aromatic amines is 1. The molecular weight excluding hydrogens is 352 g/mol. The predicted octanol–water partition coefficient (Wildman–Crippen LogP) is 0.697. The lowest BCUT2D eigenvalue weighted by Crippen LogP contribution is -2.20. The van der Waals surface area contributed by atoms with Crippen molar-refractivity contribution in [2.45, 2.75) is 6.92 Å². The van der Waals surface area contributed by atoms with Gasteiger partial charge in [-0.25, -0.2) is 18.4 Å². The fourth-order valence-corrected chi connectivity index (χ4v) is 2.80. The highest BCUT2D eigenvalue weighted by Gasteiger charge is 2.20. The molecule has 0 saturated carbocycles. The quantitative estimate of drug-likeness (QED) is 0.510. The van der Waals surface area contributed by atoms with Crippen molar-refractivity contribution in [1.82, 2.24) is 19.5 Å². The number of nitro benzene ring substituents is 1. The number of hydrogen-bond donors (Lipinski definition) is 2. The minimum Gasteiger partial charge on any atom is -0.317 e. The van der Waals surface area contributed by atoms with E-state index >= 15 is 0 Å². The Bertz CT molecular complexity index is 1160. The van der Waals surface area contributed by atoms with Gasteiger partial charge in [0.1, 0.15) is 5.69 Å². The van der Waals surface area contributed by atoms with Gasteiger partial charge in [-0.05, 0) is 13.0 Å². The number of anilines is 1. The highest BCUT2D eigenvalue weighted by molar-refractivity contribution is 7.92. The van der Waals surface area contributed by atoms with Gasteiger partial charge < -0.3 is 4.98 Å². The molecule has 0 aliphatic heterocycles. The average molecular weight is 364 g/mol. The number of H-pyrrole nitrogens is 1. The van der Waals surface area contributed by atoms with Crippen molar-refractivity contribution >= 4 is 32.6 Å². The van der Waals surface area contributed by atoms with Gasteiger partial charge in [0.15, 0.2) is 0 Å². The molecule has 0 aliphatic carbocycles. The van der Waals surface area contributed by atoms with E-state index in [1.54, 1.807) is 6.92 Å². The molecule has 25 heavy (non-hydrogen) atoms. The van der Waals surface area contributed by atoms with Gasteiger partial charge in [-0.15, -0.1) is 0 Å². The summed E-state index contributed by atoms with van der Waals surface area (Å²) < 4.78 is 26.2. The van der Waals surface area contributed by atoms with E-state index in [0.29, 0.717) is 5.69 Å². The summed E-state index contributed by atoms with van der Waals surface area (Å²) in [6.07, 6.45) is 3.82. The Kier molecular flexibility index (Phi) is 3.75. The largest absolute Gasteiger partial charge is 0.317 e. The van der Waals surface area contributed by atoms with Gasteiger partial charge in [0, 0.05) is 18.0 Å². The van der Waals surface area contributed by atoms with Crippen LogP contribution in [0.5, 0.6) is 0 Å². The molecule has 130 valence electrons. The van der Waals surface area contributed by atoms with Crippen LogP contribution in [0.1, 0.15) is 5.69 Å². The number of hydrogen-bond acceptors (Lipinski definition) is 7. The number of aryl methyl sites for hydroxylation is 1. The van der Waals surface area contributed by atoms with E-state index in [-0.39, 0.29) is 22.4 Å². The van der Waals surface area contributed by atoms with E-state index in [2.05, 4.69) is 15.0 Å². The maximum atomic E-state index is 11.9. The fourth-order valence-electron chi connectivity index (χ4n) is 2.31. The van der Waals surface area contributed by atoms with Gasteiger partial charge in [-0.1, -0.05) is 0 Å².